The SMILES string of the molecule is O=P(O)(O)OC[C@H]1O[C@@H](n2cnc3c(NCc4ccccc4O)ncnc32)[C@H](O)[C@@H]1O. The summed E-state index contributed by atoms with van der Waals surface area (Å²) in [7, 11) is -4.77. The number of phenols is 1. The Morgan fingerprint density at radius 3 is 2.68 bits per heavy atom. The van der Waals surface area contributed by atoms with Crippen LogP contribution in [0.1, 0.15) is 11.8 Å². The van der Waals surface area contributed by atoms with Crippen LogP contribution in [-0.4, -0.2) is 69.5 Å². The number of nitrogens with zero attached hydrogens (tertiary/aromatic N) is 4. The van der Waals surface area contributed by atoms with Gasteiger partial charge in [0.15, 0.2) is 23.2 Å². The molecule has 0 amide bonds. The van der Waals surface area contributed by atoms with Gasteiger partial charge in [0.2, 0.25) is 0 Å². The van der Waals surface area contributed by atoms with Gasteiger partial charge in [0.05, 0.1) is 12.9 Å². The smallest absolute Gasteiger partial charge is 0.469 e. The lowest BCUT2D eigenvalue weighted by Crippen LogP contribution is -2.33. The highest BCUT2D eigenvalue weighted by Gasteiger charge is 2.45. The highest BCUT2D eigenvalue weighted by molar-refractivity contribution is 7.46. The summed E-state index contributed by atoms with van der Waals surface area (Å²) in [4.78, 5) is 30.2. The Kier molecular flexibility index (Phi) is 5.90. The predicted octanol–water partition coefficient (Wildman–Crippen LogP) is -0.128. The molecular formula is C17H20N5O8P. The summed E-state index contributed by atoms with van der Waals surface area (Å²) in [5, 5.41) is 33.5. The average Bonchev–Trinajstić information content (AvgIpc) is 3.27. The van der Waals surface area contributed by atoms with E-state index in [0.29, 0.717) is 22.5 Å². The minimum Gasteiger partial charge on any atom is -0.508 e. The van der Waals surface area contributed by atoms with Gasteiger partial charge in [-0.25, -0.2) is 19.5 Å². The Balaban J connectivity index is 1.55. The fourth-order valence-corrected chi connectivity index (χ4v) is 3.62. The van der Waals surface area contributed by atoms with Crippen LogP contribution in [0.25, 0.3) is 11.2 Å². The Bertz CT molecular complexity index is 1120. The second-order valence-corrected chi connectivity index (χ2v) is 8.10. The highest BCUT2D eigenvalue weighted by Crippen LogP contribution is 2.39. The molecule has 166 valence electrons. The number of rotatable bonds is 7. The number of anilines is 1. The van der Waals surface area contributed by atoms with Crippen molar-refractivity contribution in [3.05, 3.63) is 42.5 Å². The minimum absolute atomic E-state index is 0.130. The van der Waals surface area contributed by atoms with Crippen LogP contribution in [0.4, 0.5) is 5.82 Å². The predicted molar refractivity (Wildman–Crippen MR) is 105 cm³/mol. The van der Waals surface area contributed by atoms with Crippen molar-refractivity contribution in [2.75, 3.05) is 11.9 Å². The van der Waals surface area contributed by atoms with Gasteiger partial charge in [-0.15, -0.1) is 0 Å². The molecule has 0 radical (unpaired) electrons. The molecule has 31 heavy (non-hydrogen) atoms. The molecule has 3 aromatic rings. The molecule has 4 rings (SSSR count). The van der Waals surface area contributed by atoms with E-state index < -0.39 is 39.0 Å². The number of hydrogen-bond donors (Lipinski definition) is 6. The number of para-hydroxylation sites is 1. The Hall–Kier alpha value is -2.64. The number of phosphoric ester groups is 1. The van der Waals surface area contributed by atoms with Crippen molar-refractivity contribution in [2.45, 2.75) is 31.1 Å². The Morgan fingerprint density at radius 2 is 1.94 bits per heavy atom. The van der Waals surface area contributed by atoms with Crippen LogP contribution < -0.4 is 5.32 Å². The fourth-order valence-electron chi connectivity index (χ4n) is 3.27. The maximum atomic E-state index is 10.9. The Labute approximate surface area is 175 Å². The van der Waals surface area contributed by atoms with E-state index in [4.69, 9.17) is 14.5 Å². The van der Waals surface area contributed by atoms with Gasteiger partial charge in [0, 0.05) is 12.1 Å². The van der Waals surface area contributed by atoms with Crippen molar-refractivity contribution in [2.24, 2.45) is 0 Å². The Morgan fingerprint density at radius 1 is 1.16 bits per heavy atom. The van der Waals surface area contributed by atoms with Crippen LogP contribution in [0, 0.1) is 0 Å². The molecule has 1 aromatic carbocycles. The lowest BCUT2D eigenvalue weighted by molar-refractivity contribution is -0.0504. The van der Waals surface area contributed by atoms with Gasteiger partial charge in [-0.3, -0.25) is 9.09 Å². The number of aliphatic hydroxyl groups excluding tert-OH is 2. The molecule has 1 saturated heterocycles. The van der Waals surface area contributed by atoms with E-state index >= 15 is 0 Å². The topological polar surface area (TPSA) is 192 Å². The van der Waals surface area contributed by atoms with E-state index in [1.807, 2.05) is 0 Å². The van der Waals surface area contributed by atoms with E-state index in [9.17, 15) is 19.9 Å². The third kappa shape index (κ3) is 4.52. The molecule has 3 heterocycles. The lowest BCUT2D eigenvalue weighted by Gasteiger charge is -2.16. The van der Waals surface area contributed by atoms with Crippen LogP contribution in [0.3, 0.4) is 0 Å². The van der Waals surface area contributed by atoms with E-state index in [0.717, 1.165) is 0 Å². The van der Waals surface area contributed by atoms with Crippen LogP contribution in [0.5, 0.6) is 5.75 Å². The third-order valence-corrected chi connectivity index (χ3v) is 5.30. The number of nitrogens with one attached hydrogen (secondary N) is 1. The number of aliphatic hydroxyl groups is 2. The number of aromatic nitrogens is 4. The maximum Gasteiger partial charge on any atom is 0.469 e. The minimum atomic E-state index is -4.77. The van der Waals surface area contributed by atoms with E-state index in [1.54, 1.807) is 24.3 Å². The number of phenolic OH excluding ortho intramolecular Hbond substituents is 1. The van der Waals surface area contributed by atoms with Gasteiger partial charge in [0.25, 0.3) is 0 Å². The molecule has 13 nitrogen and oxygen atoms in total. The second-order valence-electron chi connectivity index (χ2n) is 6.86. The summed E-state index contributed by atoms with van der Waals surface area (Å²) >= 11 is 0. The van der Waals surface area contributed by atoms with Gasteiger partial charge < -0.3 is 35.2 Å². The van der Waals surface area contributed by atoms with E-state index in [2.05, 4.69) is 24.8 Å². The zero-order valence-corrected chi connectivity index (χ0v) is 16.8. The first-order valence-electron chi connectivity index (χ1n) is 9.14. The lowest BCUT2D eigenvalue weighted by atomic mass is 10.1. The summed E-state index contributed by atoms with van der Waals surface area (Å²) in [5.41, 5.74) is 1.31. The summed E-state index contributed by atoms with van der Waals surface area (Å²) < 4.78 is 22.2. The van der Waals surface area contributed by atoms with Gasteiger partial charge in [-0.05, 0) is 6.07 Å². The molecule has 0 bridgehead atoms. The molecule has 1 aliphatic heterocycles. The molecule has 14 heteroatoms. The van der Waals surface area contributed by atoms with E-state index in [1.165, 1.54) is 17.2 Å². The van der Waals surface area contributed by atoms with Gasteiger partial charge in [-0.2, -0.15) is 0 Å². The normalized spacial score (nSPS) is 24.0. The number of fused-ring (bicyclic) bond motifs is 1. The summed E-state index contributed by atoms with van der Waals surface area (Å²) in [6, 6.07) is 6.82. The largest absolute Gasteiger partial charge is 0.508 e. The van der Waals surface area contributed by atoms with Crippen molar-refractivity contribution in [3.8, 4) is 5.75 Å². The van der Waals surface area contributed by atoms with Gasteiger partial charge >= 0.3 is 7.82 Å². The summed E-state index contributed by atoms with van der Waals surface area (Å²) in [6.07, 6.45) is -2.54. The number of ether oxygens (including phenoxy) is 1. The maximum absolute atomic E-state index is 10.9. The molecule has 1 fully saturated rings. The van der Waals surface area contributed by atoms with Crippen molar-refractivity contribution >= 4 is 24.8 Å². The number of imidazole rings is 1. The monoisotopic (exact) mass is 453 g/mol. The average molecular weight is 453 g/mol. The first-order valence-corrected chi connectivity index (χ1v) is 10.7. The van der Waals surface area contributed by atoms with Crippen LogP contribution in [0.2, 0.25) is 0 Å². The van der Waals surface area contributed by atoms with Gasteiger partial charge in [0.1, 0.15) is 30.4 Å². The second kappa shape index (κ2) is 8.48. The first kappa shape index (κ1) is 21.6. The number of hydrogen-bond acceptors (Lipinski definition) is 10. The third-order valence-electron chi connectivity index (χ3n) is 4.82. The molecule has 4 atom stereocenters. The zero-order chi connectivity index (χ0) is 22.2. The number of aromatic hydroxyl groups is 1. The standard InChI is InChI=1S/C17H20N5O8P/c23-10-4-2-1-3-9(10)5-18-15-12-16(20-7-19-15)22(8-21-12)17-14(25)13(24)11(30-17)6-29-31(26,27)28/h1-4,7-8,11,13-14,17,23-25H,5-6H2,(H,18,19,20)(H2,26,27,28)/t11-,13-,14-,17-/m1/s1. The molecule has 6 N–H and O–H groups in total. The number of phosphoric acid groups is 1. The summed E-state index contributed by atoms with van der Waals surface area (Å²) in [5.74, 6) is 0.507. The quantitative estimate of drug-likeness (QED) is 0.260. The zero-order valence-electron chi connectivity index (χ0n) is 15.9. The molecule has 0 unspecified atom stereocenters. The molecule has 0 aliphatic carbocycles. The fraction of sp³-hybridized carbons (Fsp3) is 0.353. The molecule has 0 spiro atoms. The highest BCUT2D eigenvalue weighted by atomic mass is 31.2. The van der Waals surface area contributed by atoms with E-state index in [-0.39, 0.29) is 12.3 Å². The van der Waals surface area contributed by atoms with Crippen LogP contribution >= 0.6 is 7.82 Å². The summed E-state index contributed by atoms with van der Waals surface area (Å²) in [6.45, 7) is -0.345. The van der Waals surface area contributed by atoms with Crippen LogP contribution in [0.15, 0.2) is 36.9 Å². The molecule has 1 aliphatic rings. The first-order chi connectivity index (χ1) is 14.7. The molecule has 0 saturated carbocycles. The molecule has 2 aromatic heterocycles. The van der Waals surface area contributed by atoms with Crippen molar-refractivity contribution in [1.82, 2.24) is 19.5 Å². The van der Waals surface area contributed by atoms with Crippen molar-refractivity contribution < 1.29 is 38.9 Å². The van der Waals surface area contributed by atoms with Crippen molar-refractivity contribution in [1.29, 1.82) is 0 Å². The van der Waals surface area contributed by atoms with Crippen molar-refractivity contribution in [3.63, 3.8) is 0 Å². The number of benzene rings is 1. The van der Waals surface area contributed by atoms with Gasteiger partial charge in [-0.1, -0.05) is 18.2 Å². The molecular weight excluding hydrogens is 433 g/mol. The van der Waals surface area contributed by atoms with Crippen LogP contribution in [-0.2, 0) is 20.4 Å².